The first-order valence-electron chi connectivity index (χ1n) is 9.93. The molecule has 1 aliphatic carbocycles. The normalized spacial score (nSPS) is 25.0. The van der Waals surface area contributed by atoms with Crippen molar-refractivity contribution in [2.24, 2.45) is 5.92 Å². The molecule has 0 radical (unpaired) electrons. The molecule has 1 heterocycles. The van der Waals surface area contributed by atoms with Crippen molar-refractivity contribution in [3.8, 4) is 0 Å². The number of carbonyl (C=O) groups excluding carboxylic acids is 1. The van der Waals surface area contributed by atoms with Crippen LogP contribution in [0.3, 0.4) is 0 Å². The van der Waals surface area contributed by atoms with Crippen LogP contribution in [0.2, 0.25) is 0 Å². The number of nitrogens with zero attached hydrogens (tertiary/aromatic N) is 1. The Morgan fingerprint density at radius 3 is 2.42 bits per heavy atom. The Morgan fingerprint density at radius 2 is 1.83 bits per heavy atom. The summed E-state index contributed by atoms with van der Waals surface area (Å²) in [5.41, 5.74) is -0.851. The number of hydrogen-bond acceptors (Lipinski definition) is 3. The second-order valence-corrected chi connectivity index (χ2v) is 8.10. The molecule has 1 saturated carbocycles. The fourth-order valence-corrected chi connectivity index (χ4v) is 3.96. The smallest absolute Gasteiger partial charge is 0.315 e. The molecule has 0 aromatic carbocycles. The summed E-state index contributed by atoms with van der Waals surface area (Å²) in [5, 5.41) is 16.3. The van der Waals surface area contributed by atoms with Gasteiger partial charge >= 0.3 is 6.03 Å². The maximum Gasteiger partial charge on any atom is 0.315 e. The number of piperidine rings is 1. The maximum absolute atomic E-state index is 12.1. The number of urea groups is 1. The van der Waals surface area contributed by atoms with Crippen LogP contribution >= 0.6 is 0 Å². The molecule has 5 nitrogen and oxygen atoms in total. The number of nitrogens with one attached hydrogen (secondary N) is 2. The van der Waals surface area contributed by atoms with E-state index in [9.17, 15) is 9.90 Å². The maximum atomic E-state index is 12.1. The van der Waals surface area contributed by atoms with Gasteiger partial charge in [-0.1, -0.05) is 39.5 Å². The van der Waals surface area contributed by atoms with E-state index in [0.29, 0.717) is 6.54 Å². The van der Waals surface area contributed by atoms with Gasteiger partial charge in [-0.05, 0) is 38.5 Å². The lowest BCUT2D eigenvalue weighted by Crippen LogP contribution is -2.53. The fourth-order valence-electron chi connectivity index (χ4n) is 3.96. The average molecular weight is 340 g/mol. The highest BCUT2D eigenvalue weighted by molar-refractivity contribution is 5.74. The Balaban J connectivity index is 1.66. The molecule has 0 aromatic heterocycles. The van der Waals surface area contributed by atoms with Gasteiger partial charge in [0.25, 0.3) is 0 Å². The summed E-state index contributed by atoms with van der Waals surface area (Å²) in [4.78, 5) is 14.7. The molecule has 2 unspecified atom stereocenters. The highest BCUT2D eigenvalue weighted by Crippen LogP contribution is 2.25. The van der Waals surface area contributed by atoms with E-state index in [1.165, 1.54) is 32.1 Å². The first-order chi connectivity index (χ1) is 11.4. The minimum Gasteiger partial charge on any atom is -0.388 e. The van der Waals surface area contributed by atoms with Gasteiger partial charge in [-0.15, -0.1) is 0 Å². The fraction of sp³-hybridized carbons (Fsp3) is 0.947. The number of carbonyl (C=O) groups is 1. The van der Waals surface area contributed by atoms with Crippen molar-refractivity contribution in [1.29, 1.82) is 0 Å². The van der Waals surface area contributed by atoms with Crippen LogP contribution in [0.5, 0.6) is 0 Å². The van der Waals surface area contributed by atoms with E-state index < -0.39 is 5.60 Å². The van der Waals surface area contributed by atoms with Crippen LogP contribution in [0.4, 0.5) is 4.79 Å². The summed E-state index contributed by atoms with van der Waals surface area (Å²) in [6.07, 6.45) is 9.82. The molecule has 1 saturated heterocycles. The summed E-state index contributed by atoms with van der Waals surface area (Å²) in [5.74, 6) is 0.163. The summed E-state index contributed by atoms with van der Waals surface area (Å²) < 4.78 is 0. The summed E-state index contributed by atoms with van der Waals surface area (Å²) >= 11 is 0. The van der Waals surface area contributed by atoms with E-state index in [1.54, 1.807) is 6.92 Å². The molecule has 5 heteroatoms. The van der Waals surface area contributed by atoms with E-state index in [2.05, 4.69) is 22.5 Å². The molecule has 2 rings (SSSR count). The van der Waals surface area contributed by atoms with Crippen LogP contribution in [0.1, 0.15) is 72.1 Å². The van der Waals surface area contributed by atoms with E-state index >= 15 is 0 Å². The third kappa shape index (κ3) is 5.62. The Morgan fingerprint density at radius 1 is 1.21 bits per heavy atom. The van der Waals surface area contributed by atoms with Crippen molar-refractivity contribution in [3.63, 3.8) is 0 Å². The van der Waals surface area contributed by atoms with Crippen LogP contribution in [-0.4, -0.2) is 53.4 Å². The molecule has 0 bridgehead atoms. The van der Waals surface area contributed by atoms with Crippen molar-refractivity contribution in [3.05, 3.63) is 0 Å². The molecule has 3 N–H and O–H groups in total. The Labute approximate surface area is 147 Å². The lowest BCUT2D eigenvalue weighted by atomic mass is 9.89. The van der Waals surface area contributed by atoms with Crippen LogP contribution < -0.4 is 10.6 Å². The van der Waals surface area contributed by atoms with Gasteiger partial charge in [-0.2, -0.15) is 0 Å². The lowest BCUT2D eigenvalue weighted by molar-refractivity contribution is 0.00774. The molecular formula is C19H37N3O2. The zero-order valence-electron chi connectivity index (χ0n) is 15.8. The van der Waals surface area contributed by atoms with E-state index in [-0.39, 0.29) is 18.0 Å². The second kappa shape index (κ2) is 9.04. The highest BCUT2D eigenvalue weighted by atomic mass is 16.3. The van der Waals surface area contributed by atoms with E-state index in [0.717, 1.165) is 38.4 Å². The quantitative estimate of drug-likeness (QED) is 0.697. The molecular weight excluding hydrogens is 302 g/mol. The molecule has 2 amide bonds. The van der Waals surface area contributed by atoms with Crippen LogP contribution in [0.25, 0.3) is 0 Å². The number of rotatable bonds is 6. The number of hydrogen-bond donors (Lipinski definition) is 3. The first kappa shape index (κ1) is 19.5. The molecule has 2 aliphatic rings. The van der Waals surface area contributed by atoms with E-state index in [4.69, 9.17) is 0 Å². The minimum atomic E-state index is -0.851. The molecule has 2 atom stereocenters. The zero-order chi connectivity index (χ0) is 17.6. The average Bonchev–Trinajstić information content (AvgIpc) is 2.60. The summed E-state index contributed by atoms with van der Waals surface area (Å²) in [6.45, 7) is 8.36. The van der Waals surface area contributed by atoms with Crippen molar-refractivity contribution in [2.45, 2.75) is 89.8 Å². The van der Waals surface area contributed by atoms with Gasteiger partial charge in [-0.25, -0.2) is 4.79 Å². The molecule has 24 heavy (non-hydrogen) atoms. The van der Waals surface area contributed by atoms with Gasteiger partial charge in [0, 0.05) is 31.7 Å². The van der Waals surface area contributed by atoms with Crippen LogP contribution in [0.15, 0.2) is 0 Å². The van der Waals surface area contributed by atoms with Crippen molar-refractivity contribution < 1.29 is 9.90 Å². The Hall–Kier alpha value is -0.810. The largest absolute Gasteiger partial charge is 0.388 e. The minimum absolute atomic E-state index is 0.144. The predicted molar refractivity (Wildman–Crippen MR) is 98.1 cm³/mol. The zero-order valence-corrected chi connectivity index (χ0v) is 15.8. The van der Waals surface area contributed by atoms with Gasteiger partial charge in [0.2, 0.25) is 0 Å². The van der Waals surface area contributed by atoms with Gasteiger partial charge in [-0.3, -0.25) is 0 Å². The standard InChI is InChI=1S/C19H37N3O2/c1-4-15(2)19(3,24)14-20-18(23)21-16-10-12-22(13-11-16)17-8-6-5-7-9-17/h15-17,24H,4-14H2,1-3H3,(H2,20,21,23). The lowest BCUT2D eigenvalue weighted by Gasteiger charge is -2.39. The number of likely N-dealkylation sites (tertiary alicyclic amines) is 1. The first-order valence-corrected chi connectivity index (χ1v) is 9.93. The third-order valence-electron chi connectivity index (χ3n) is 6.24. The van der Waals surface area contributed by atoms with Crippen molar-refractivity contribution >= 4 is 6.03 Å². The van der Waals surface area contributed by atoms with Gasteiger partial charge in [0.05, 0.1) is 5.60 Å². The van der Waals surface area contributed by atoms with Gasteiger partial charge in [0.1, 0.15) is 0 Å². The molecule has 0 aromatic rings. The SMILES string of the molecule is CCC(C)C(C)(O)CNC(=O)NC1CCN(C2CCCCC2)CC1. The Kier molecular flexibility index (Phi) is 7.35. The number of aliphatic hydroxyl groups is 1. The van der Waals surface area contributed by atoms with E-state index in [1.807, 2.05) is 6.92 Å². The predicted octanol–water partition coefficient (Wildman–Crippen LogP) is 2.88. The highest BCUT2D eigenvalue weighted by Gasteiger charge is 2.29. The van der Waals surface area contributed by atoms with Gasteiger partial charge in [0.15, 0.2) is 0 Å². The van der Waals surface area contributed by atoms with Crippen molar-refractivity contribution in [1.82, 2.24) is 15.5 Å². The van der Waals surface area contributed by atoms with Gasteiger partial charge < -0.3 is 20.6 Å². The molecule has 2 fully saturated rings. The second-order valence-electron chi connectivity index (χ2n) is 8.10. The topological polar surface area (TPSA) is 64.6 Å². The summed E-state index contributed by atoms with van der Waals surface area (Å²) in [7, 11) is 0. The number of amides is 2. The third-order valence-corrected chi connectivity index (χ3v) is 6.24. The van der Waals surface area contributed by atoms with Crippen LogP contribution in [-0.2, 0) is 0 Å². The molecule has 0 spiro atoms. The van der Waals surface area contributed by atoms with Crippen LogP contribution in [0, 0.1) is 5.92 Å². The monoisotopic (exact) mass is 339 g/mol. The summed E-state index contributed by atoms with van der Waals surface area (Å²) in [6, 6.07) is 0.896. The van der Waals surface area contributed by atoms with Crippen molar-refractivity contribution in [2.75, 3.05) is 19.6 Å². The molecule has 140 valence electrons. The Bertz CT molecular complexity index is 386. The molecule has 1 aliphatic heterocycles.